The fourth-order valence-electron chi connectivity index (χ4n) is 2.28. The van der Waals surface area contributed by atoms with Crippen molar-refractivity contribution in [3.8, 4) is 0 Å². The first-order chi connectivity index (χ1) is 8.65. The zero-order valence-corrected chi connectivity index (χ0v) is 13.4. The van der Waals surface area contributed by atoms with Gasteiger partial charge in [0.1, 0.15) is 0 Å². The van der Waals surface area contributed by atoms with E-state index in [1.807, 2.05) is 25.1 Å². The number of carbonyl (C=O) groups is 1. The van der Waals surface area contributed by atoms with Gasteiger partial charge in [0, 0.05) is 16.6 Å². The molecule has 1 amide bonds. The number of benzene rings is 1. The summed E-state index contributed by atoms with van der Waals surface area (Å²) in [6, 6.07) is 5.94. The average molecular weight is 348 g/mol. The van der Waals surface area contributed by atoms with Crippen molar-refractivity contribution in [2.24, 2.45) is 5.92 Å². The predicted octanol–water partition coefficient (Wildman–Crippen LogP) is 3.51. The molecule has 1 aliphatic rings. The van der Waals surface area contributed by atoms with E-state index in [1.54, 1.807) is 0 Å². The van der Waals surface area contributed by atoms with Crippen molar-refractivity contribution in [3.63, 3.8) is 0 Å². The maximum atomic E-state index is 12.0. The second-order valence-corrected chi connectivity index (χ2v) is 5.82. The standard InChI is InChI=1S/C14H19BrN2O.ClH/c1-10-2-3-12(15)9-13(10)17-14(18)8-11-4-6-16-7-5-11;/h2-3,9,11,16H,4-8H2,1H3,(H,17,18);1H. The van der Waals surface area contributed by atoms with Crippen molar-refractivity contribution in [1.29, 1.82) is 0 Å². The summed E-state index contributed by atoms with van der Waals surface area (Å²) in [4.78, 5) is 12.0. The molecule has 1 aromatic carbocycles. The van der Waals surface area contributed by atoms with Gasteiger partial charge in [-0.05, 0) is 56.5 Å². The van der Waals surface area contributed by atoms with Gasteiger partial charge in [-0.15, -0.1) is 12.4 Å². The van der Waals surface area contributed by atoms with Gasteiger partial charge in [-0.1, -0.05) is 22.0 Å². The summed E-state index contributed by atoms with van der Waals surface area (Å²) in [5.41, 5.74) is 2.00. The molecular formula is C14H20BrClN2O. The number of halogens is 2. The molecule has 0 unspecified atom stereocenters. The first-order valence-corrected chi connectivity index (χ1v) is 7.21. The van der Waals surface area contributed by atoms with E-state index in [-0.39, 0.29) is 18.3 Å². The number of carbonyl (C=O) groups excluding carboxylic acids is 1. The number of hydrogen-bond acceptors (Lipinski definition) is 2. The first kappa shape index (κ1) is 16.5. The van der Waals surface area contributed by atoms with E-state index in [9.17, 15) is 4.79 Å². The molecule has 106 valence electrons. The SMILES string of the molecule is Cc1ccc(Br)cc1NC(=O)CC1CCNCC1.Cl. The van der Waals surface area contributed by atoms with Crippen LogP contribution in [-0.2, 0) is 4.79 Å². The van der Waals surface area contributed by atoms with E-state index in [4.69, 9.17) is 0 Å². The Kier molecular flexibility index (Phi) is 6.83. The van der Waals surface area contributed by atoms with Crippen LogP contribution in [0.4, 0.5) is 5.69 Å². The zero-order chi connectivity index (χ0) is 13.0. The molecule has 1 aliphatic heterocycles. The largest absolute Gasteiger partial charge is 0.326 e. The van der Waals surface area contributed by atoms with E-state index in [2.05, 4.69) is 26.6 Å². The van der Waals surface area contributed by atoms with E-state index in [0.29, 0.717) is 12.3 Å². The molecule has 1 fully saturated rings. The first-order valence-electron chi connectivity index (χ1n) is 6.42. The summed E-state index contributed by atoms with van der Waals surface area (Å²) in [6.45, 7) is 4.08. The minimum Gasteiger partial charge on any atom is -0.326 e. The van der Waals surface area contributed by atoms with Crippen molar-refractivity contribution in [2.75, 3.05) is 18.4 Å². The normalized spacial score (nSPS) is 15.7. The van der Waals surface area contributed by atoms with Gasteiger partial charge in [0.2, 0.25) is 5.91 Å². The molecule has 0 bridgehead atoms. The van der Waals surface area contributed by atoms with Crippen LogP contribution in [0.1, 0.15) is 24.8 Å². The van der Waals surface area contributed by atoms with Gasteiger partial charge in [-0.3, -0.25) is 4.79 Å². The maximum Gasteiger partial charge on any atom is 0.224 e. The van der Waals surface area contributed by atoms with Crippen LogP contribution in [0.25, 0.3) is 0 Å². The number of anilines is 1. The van der Waals surface area contributed by atoms with Crippen LogP contribution in [0.3, 0.4) is 0 Å². The minimum absolute atomic E-state index is 0. The monoisotopic (exact) mass is 346 g/mol. The van der Waals surface area contributed by atoms with E-state index in [0.717, 1.165) is 41.7 Å². The lowest BCUT2D eigenvalue weighted by atomic mass is 9.94. The zero-order valence-electron chi connectivity index (χ0n) is 11.0. The van der Waals surface area contributed by atoms with Crippen LogP contribution in [-0.4, -0.2) is 19.0 Å². The summed E-state index contributed by atoms with van der Waals surface area (Å²) >= 11 is 3.43. The van der Waals surface area contributed by atoms with Gasteiger partial charge in [0.15, 0.2) is 0 Å². The Labute approximate surface area is 129 Å². The van der Waals surface area contributed by atoms with Crippen molar-refractivity contribution in [2.45, 2.75) is 26.2 Å². The number of nitrogens with one attached hydrogen (secondary N) is 2. The van der Waals surface area contributed by atoms with Gasteiger partial charge in [0.05, 0.1) is 0 Å². The van der Waals surface area contributed by atoms with Crippen LogP contribution < -0.4 is 10.6 Å². The smallest absolute Gasteiger partial charge is 0.224 e. The Morgan fingerprint density at radius 3 is 2.79 bits per heavy atom. The lowest BCUT2D eigenvalue weighted by Gasteiger charge is -2.22. The van der Waals surface area contributed by atoms with Crippen LogP contribution in [0, 0.1) is 12.8 Å². The maximum absolute atomic E-state index is 12.0. The highest BCUT2D eigenvalue weighted by Crippen LogP contribution is 2.22. The molecule has 1 saturated heterocycles. The molecule has 0 aliphatic carbocycles. The number of aryl methyl sites for hydroxylation is 1. The Hall–Kier alpha value is -0.580. The van der Waals surface area contributed by atoms with Crippen molar-refractivity contribution >= 4 is 39.9 Å². The van der Waals surface area contributed by atoms with Crippen LogP contribution >= 0.6 is 28.3 Å². The quantitative estimate of drug-likeness (QED) is 0.878. The van der Waals surface area contributed by atoms with Gasteiger partial charge in [0.25, 0.3) is 0 Å². The van der Waals surface area contributed by atoms with Crippen LogP contribution in [0.5, 0.6) is 0 Å². The van der Waals surface area contributed by atoms with Crippen LogP contribution in [0.15, 0.2) is 22.7 Å². The Morgan fingerprint density at radius 2 is 2.11 bits per heavy atom. The summed E-state index contributed by atoms with van der Waals surface area (Å²) in [7, 11) is 0. The highest BCUT2D eigenvalue weighted by molar-refractivity contribution is 9.10. The molecule has 0 atom stereocenters. The molecule has 19 heavy (non-hydrogen) atoms. The fourth-order valence-corrected chi connectivity index (χ4v) is 2.64. The molecule has 3 nitrogen and oxygen atoms in total. The lowest BCUT2D eigenvalue weighted by molar-refractivity contribution is -0.117. The van der Waals surface area contributed by atoms with Gasteiger partial charge < -0.3 is 10.6 Å². The molecule has 5 heteroatoms. The number of amides is 1. The van der Waals surface area contributed by atoms with Gasteiger partial charge in [-0.25, -0.2) is 0 Å². The van der Waals surface area contributed by atoms with Crippen molar-refractivity contribution < 1.29 is 4.79 Å². The second kappa shape index (κ2) is 7.88. The molecule has 0 spiro atoms. The van der Waals surface area contributed by atoms with Crippen LogP contribution in [0.2, 0.25) is 0 Å². The van der Waals surface area contributed by atoms with Gasteiger partial charge in [-0.2, -0.15) is 0 Å². The van der Waals surface area contributed by atoms with E-state index >= 15 is 0 Å². The summed E-state index contributed by atoms with van der Waals surface area (Å²) in [5, 5.41) is 6.33. The Morgan fingerprint density at radius 1 is 1.42 bits per heavy atom. The molecule has 2 N–H and O–H groups in total. The summed E-state index contributed by atoms with van der Waals surface area (Å²) in [5.74, 6) is 0.654. The molecule has 0 saturated carbocycles. The topological polar surface area (TPSA) is 41.1 Å². The third kappa shape index (κ3) is 5.13. The Balaban J connectivity index is 0.00000180. The van der Waals surface area contributed by atoms with Crippen molar-refractivity contribution in [1.82, 2.24) is 5.32 Å². The summed E-state index contributed by atoms with van der Waals surface area (Å²) in [6.07, 6.45) is 2.84. The highest BCUT2D eigenvalue weighted by atomic mass is 79.9. The molecule has 0 radical (unpaired) electrons. The number of hydrogen-bond donors (Lipinski definition) is 2. The third-order valence-corrected chi connectivity index (χ3v) is 3.90. The Bertz CT molecular complexity index is 433. The summed E-state index contributed by atoms with van der Waals surface area (Å²) < 4.78 is 0.991. The highest BCUT2D eigenvalue weighted by Gasteiger charge is 2.17. The van der Waals surface area contributed by atoms with E-state index in [1.165, 1.54) is 0 Å². The van der Waals surface area contributed by atoms with E-state index < -0.39 is 0 Å². The van der Waals surface area contributed by atoms with Gasteiger partial charge >= 0.3 is 0 Å². The fraction of sp³-hybridized carbons (Fsp3) is 0.500. The third-order valence-electron chi connectivity index (χ3n) is 3.41. The molecule has 0 aromatic heterocycles. The number of piperidine rings is 1. The molecule has 1 heterocycles. The average Bonchev–Trinajstić information content (AvgIpc) is 2.35. The molecule has 2 rings (SSSR count). The number of rotatable bonds is 3. The molecular weight excluding hydrogens is 328 g/mol. The minimum atomic E-state index is 0. The second-order valence-electron chi connectivity index (χ2n) is 4.90. The molecule has 1 aromatic rings. The van der Waals surface area contributed by atoms with Crippen molar-refractivity contribution in [3.05, 3.63) is 28.2 Å². The predicted molar refractivity (Wildman–Crippen MR) is 85.0 cm³/mol. The lowest BCUT2D eigenvalue weighted by Crippen LogP contribution is -2.30.